The topological polar surface area (TPSA) is 94.2 Å². The molecule has 0 aliphatic heterocycles. The van der Waals surface area contributed by atoms with E-state index in [0.717, 1.165) is 5.57 Å². The van der Waals surface area contributed by atoms with Gasteiger partial charge < -0.3 is 30.2 Å². The summed E-state index contributed by atoms with van der Waals surface area (Å²) in [6.07, 6.45) is 1.89. The Kier molecular flexibility index (Phi) is 6.78. The zero-order valence-electron chi connectivity index (χ0n) is 18.4. The molecule has 0 heterocycles. The van der Waals surface area contributed by atoms with E-state index >= 15 is 0 Å². The third kappa shape index (κ3) is 4.56. The molecule has 0 saturated carbocycles. The van der Waals surface area contributed by atoms with E-state index in [1.807, 2.05) is 19.9 Å². The van der Waals surface area contributed by atoms with Gasteiger partial charge in [-0.3, -0.25) is 0 Å². The van der Waals surface area contributed by atoms with Crippen molar-refractivity contribution in [3.63, 3.8) is 0 Å². The van der Waals surface area contributed by atoms with Crippen LogP contribution in [0, 0.1) is 5.82 Å². The van der Waals surface area contributed by atoms with Crippen LogP contribution < -0.4 is 19.9 Å². The van der Waals surface area contributed by atoms with Gasteiger partial charge in [-0.25, -0.2) is 4.39 Å². The first kappa shape index (κ1) is 22.8. The summed E-state index contributed by atoms with van der Waals surface area (Å²) in [4.78, 5) is 0. The summed E-state index contributed by atoms with van der Waals surface area (Å²) in [5.74, 6) is -0.126. The molecule has 168 valence electrons. The number of nitrogens with two attached hydrogens (primary N) is 1. The summed E-state index contributed by atoms with van der Waals surface area (Å²) in [5.41, 5.74) is 8.38. The lowest BCUT2D eigenvalue weighted by Crippen LogP contribution is -1.97. The largest absolute Gasteiger partial charge is 0.504 e. The number of hydrogen-bond donors (Lipinski definition) is 3. The molecular formula is C25H26FNO5. The number of aromatic hydroxyl groups is 2. The minimum atomic E-state index is -0.583. The number of rotatable bonds is 7. The molecule has 0 saturated heterocycles. The Hall–Kier alpha value is -3.87. The van der Waals surface area contributed by atoms with Gasteiger partial charge in [-0.15, -0.1) is 0 Å². The van der Waals surface area contributed by atoms with Gasteiger partial charge in [0.15, 0.2) is 23.0 Å². The molecule has 0 aromatic heterocycles. The molecule has 0 fully saturated rings. The number of phenolic OH excluding ortho intramolecular Hbond substituents is 2. The van der Waals surface area contributed by atoms with Crippen LogP contribution in [0.4, 0.5) is 10.1 Å². The normalized spacial score (nSPS) is 10.5. The smallest absolute Gasteiger partial charge is 0.170 e. The lowest BCUT2D eigenvalue weighted by atomic mass is 9.96. The van der Waals surface area contributed by atoms with Crippen molar-refractivity contribution >= 4 is 5.69 Å². The molecule has 3 rings (SSSR count). The fourth-order valence-corrected chi connectivity index (χ4v) is 3.28. The molecule has 0 aliphatic carbocycles. The predicted octanol–water partition coefficient (Wildman–Crippen LogP) is 5.52. The Labute approximate surface area is 186 Å². The van der Waals surface area contributed by atoms with Crippen LogP contribution in [-0.4, -0.2) is 31.0 Å². The molecule has 0 spiro atoms. The van der Waals surface area contributed by atoms with Crippen molar-refractivity contribution in [1.29, 1.82) is 0 Å². The molecule has 0 aliphatic rings. The molecule has 4 N–H and O–H groups in total. The maximum atomic E-state index is 14.0. The van der Waals surface area contributed by atoms with Crippen molar-refractivity contribution in [2.45, 2.75) is 13.8 Å². The number of nitrogen functional groups attached to an aromatic ring is 1. The van der Waals surface area contributed by atoms with Crippen LogP contribution in [0.3, 0.4) is 0 Å². The lowest BCUT2D eigenvalue weighted by Gasteiger charge is -2.18. The van der Waals surface area contributed by atoms with Gasteiger partial charge in [0, 0.05) is 5.56 Å². The zero-order valence-corrected chi connectivity index (χ0v) is 18.4. The first-order valence-electron chi connectivity index (χ1n) is 9.89. The van der Waals surface area contributed by atoms with E-state index in [1.165, 1.54) is 32.4 Å². The highest BCUT2D eigenvalue weighted by Gasteiger charge is 2.23. The third-order valence-corrected chi connectivity index (χ3v) is 4.93. The molecule has 3 aromatic rings. The molecule has 0 bridgehead atoms. The van der Waals surface area contributed by atoms with Crippen LogP contribution in [0.5, 0.6) is 28.7 Å². The molecule has 32 heavy (non-hydrogen) atoms. The zero-order chi connectivity index (χ0) is 23.4. The van der Waals surface area contributed by atoms with E-state index in [9.17, 15) is 14.6 Å². The molecule has 6 nitrogen and oxygen atoms in total. The first-order chi connectivity index (χ1) is 15.3. The summed E-state index contributed by atoms with van der Waals surface area (Å²) in [7, 11) is 2.86. The van der Waals surface area contributed by atoms with Crippen LogP contribution in [0.25, 0.3) is 22.3 Å². The first-order valence-corrected chi connectivity index (χ1v) is 9.89. The van der Waals surface area contributed by atoms with E-state index in [4.69, 9.17) is 19.9 Å². The monoisotopic (exact) mass is 439 g/mol. The van der Waals surface area contributed by atoms with Gasteiger partial charge in [0.25, 0.3) is 0 Å². The van der Waals surface area contributed by atoms with E-state index in [0.29, 0.717) is 40.4 Å². The van der Waals surface area contributed by atoms with E-state index in [2.05, 4.69) is 0 Å². The molecule has 0 unspecified atom stereocenters. The average Bonchev–Trinajstić information content (AvgIpc) is 2.75. The van der Waals surface area contributed by atoms with Gasteiger partial charge in [-0.1, -0.05) is 17.7 Å². The van der Waals surface area contributed by atoms with Crippen molar-refractivity contribution < 1.29 is 28.8 Å². The number of ether oxygens (including phenoxy) is 3. The van der Waals surface area contributed by atoms with Crippen molar-refractivity contribution in [2.75, 3.05) is 26.6 Å². The van der Waals surface area contributed by atoms with Crippen molar-refractivity contribution in [1.82, 2.24) is 0 Å². The molecular weight excluding hydrogens is 413 g/mol. The summed E-state index contributed by atoms with van der Waals surface area (Å²) in [5, 5.41) is 21.5. The van der Waals surface area contributed by atoms with E-state index in [-0.39, 0.29) is 22.9 Å². The Morgan fingerprint density at radius 1 is 0.969 bits per heavy atom. The summed E-state index contributed by atoms with van der Waals surface area (Å²) < 4.78 is 30.6. The maximum Gasteiger partial charge on any atom is 0.170 e. The molecule has 0 amide bonds. The predicted molar refractivity (Wildman–Crippen MR) is 123 cm³/mol. The van der Waals surface area contributed by atoms with Crippen LogP contribution >= 0.6 is 0 Å². The standard InChI is InChI=1S/C25H26FNO5/c1-14(2)9-10-32-21-8-6-16(12-20(21)28)23-22(30-3)13-17(25(31-4)24(23)29)15-5-7-19(27)18(26)11-15/h5-9,11-13,28-29H,10,27H2,1-4H3. The number of allylic oxidation sites excluding steroid dienone is 1. The van der Waals surface area contributed by atoms with Crippen LogP contribution in [-0.2, 0) is 0 Å². The summed E-state index contributed by atoms with van der Waals surface area (Å²) in [6.45, 7) is 4.23. The SMILES string of the molecule is COc1cc(-c2ccc(N)c(F)c2)c(OC)c(O)c1-c1ccc(OCC=C(C)C)c(O)c1. The van der Waals surface area contributed by atoms with Gasteiger partial charge >= 0.3 is 0 Å². The van der Waals surface area contributed by atoms with Gasteiger partial charge in [0.05, 0.1) is 25.5 Å². The van der Waals surface area contributed by atoms with Gasteiger partial charge in [-0.2, -0.15) is 0 Å². The Bertz CT molecular complexity index is 1170. The Balaban J connectivity index is 2.10. The van der Waals surface area contributed by atoms with Crippen molar-refractivity contribution in [2.24, 2.45) is 0 Å². The molecule has 3 aromatic carbocycles. The van der Waals surface area contributed by atoms with E-state index in [1.54, 1.807) is 24.3 Å². The maximum absolute atomic E-state index is 14.0. The minimum absolute atomic E-state index is 0.0166. The Morgan fingerprint density at radius 2 is 1.69 bits per heavy atom. The summed E-state index contributed by atoms with van der Waals surface area (Å²) >= 11 is 0. The van der Waals surface area contributed by atoms with Crippen LogP contribution in [0.2, 0.25) is 0 Å². The minimum Gasteiger partial charge on any atom is -0.504 e. The number of anilines is 1. The fourth-order valence-electron chi connectivity index (χ4n) is 3.28. The van der Waals surface area contributed by atoms with Crippen LogP contribution in [0.15, 0.2) is 54.1 Å². The quantitative estimate of drug-likeness (QED) is 0.332. The highest BCUT2D eigenvalue weighted by Crippen LogP contribution is 2.50. The highest BCUT2D eigenvalue weighted by molar-refractivity contribution is 5.88. The number of phenols is 2. The van der Waals surface area contributed by atoms with Crippen molar-refractivity contribution in [3.05, 3.63) is 59.9 Å². The van der Waals surface area contributed by atoms with Gasteiger partial charge in [0.1, 0.15) is 18.2 Å². The van der Waals surface area contributed by atoms with Gasteiger partial charge in [-0.05, 0) is 61.4 Å². The second-order valence-electron chi connectivity index (χ2n) is 7.39. The van der Waals surface area contributed by atoms with E-state index < -0.39 is 5.82 Å². The number of hydrogen-bond acceptors (Lipinski definition) is 6. The molecule has 0 radical (unpaired) electrons. The van der Waals surface area contributed by atoms with Crippen LogP contribution in [0.1, 0.15) is 13.8 Å². The fraction of sp³-hybridized carbons (Fsp3) is 0.200. The van der Waals surface area contributed by atoms with Gasteiger partial charge in [0.2, 0.25) is 0 Å². The molecule has 0 atom stereocenters. The second-order valence-corrected chi connectivity index (χ2v) is 7.39. The number of benzene rings is 3. The lowest BCUT2D eigenvalue weighted by molar-refractivity contribution is 0.335. The number of methoxy groups -OCH3 is 2. The Morgan fingerprint density at radius 3 is 2.28 bits per heavy atom. The number of halogens is 1. The second kappa shape index (κ2) is 9.51. The average molecular weight is 439 g/mol. The molecule has 7 heteroatoms. The highest BCUT2D eigenvalue weighted by atomic mass is 19.1. The third-order valence-electron chi connectivity index (χ3n) is 4.93. The van der Waals surface area contributed by atoms with Crippen molar-refractivity contribution in [3.8, 4) is 51.0 Å². The summed E-state index contributed by atoms with van der Waals surface area (Å²) in [6, 6.07) is 10.7.